The highest BCUT2D eigenvalue weighted by molar-refractivity contribution is 5.36. The first-order valence-corrected chi connectivity index (χ1v) is 6.73. The maximum absolute atomic E-state index is 5.38. The van der Waals surface area contributed by atoms with Gasteiger partial charge in [0.2, 0.25) is 0 Å². The van der Waals surface area contributed by atoms with Crippen molar-refractivity contribution in [3.8, 4) is 5.75 Å². The Bertz CT molecular complexity index is 392. The lowest BCUT2D eigenvalue weighted by Crippen LogP contribution is -2.24. The molecule has 1 N–H and O–H groups in total. The Morgan fingerprint density at radius 2 is 2.28 bits per heavy atom. The molecule has 1 aromatic carbocycles. The van der Waals surface area contributed by atoms with Crippen molar-refractivity contribution in [3.05, 3.63) is 29.3 Å². The topological polar surface area (TPSA) is 24.5 Å². The molecule has 1 atom stereocenters. The Morgan fingerprint density at radius 1 is 1.44 bits per heavy atom. The minimum atomic E-state index is 0.808. The van der Waals surface area contributed by atoms with Gasteiger partial charge in [-0.2, -0.15) is 0 Å². The highest BCUT2D eigenvalue weighted by Crippen LogP contribution is 2.22. The quantitative estimate of drug-likeness (QED) is 0.863. The molecule has 0 saturated carbocycles. The summed E-state index contributed by atoms with van der Waals surface area (Å²) in [6.45, 7) is 6.67. The molecule has 0 spiro atoms. The monoisotopic (exact) mass is 248 g/mol. The van der Waals surface area contributed by atoms with Gasteiger partial charge in [-0.15, -0.1) is 0 Å². The summed E-state index contributed by atoms with van der Waals surface area (Å²) in [6, 6.07) is 6.53. The van der Waals surface area contributed by atoms with Crippen molar-refractivity contribution >= 4 is 0 Å². The SMILES string of the molecule is CNCC1CCN(Cc2ccc(C)c(OC)c2)C1. The molecule has 1 unspecified atom stereocenters. The molecule has 2 rings (SSSR count). The molecule has 1 heterocycles. The van der Waals surface area contributed by atoms with Crippen LogP contribution >= 0.6 is 0 Å². The van der Waals surface area contributed by atoms with Crippen LogP contribution in [0.3, 0.4) is 0 Å². The lowest BCUT2D eigenvalue weighted by atomic mass is 10.1. The van der Waals surface area contributed by atoms with E-state index in [9.17, 15) is 0 Å². The van der Waals surface area contributed by atoms with Crippen molar-refractivity contribution in [1.29, 1.82) is 0 Å². The molecule has 0 aromatic heterocycles. The molecule has 3 nitrogen and oxygen atoms in total. The molecule has 3 heteroatoms. The van der Waals surface area contributed by atoms with Crippen LogP contribution in [0.4, 0.5) is 0 Å². The van der Waals surface area contributed by atoms with E-state index in [-0.39, 0.29) is 0 Å². The number of hydrogen-bond acceptors (Lipinski definition) is 3. The zero-order valence-electron chi connectivity index (χ0n) is 11.7. The summed E-state index contributed by atoms with van der Waals surface area (Å²) < 4.78 is 5.38. The molecular weight excluding hydrogens is 224 g/mol. The molecular formula is C15H24N2O. The van der Waals surface area contributed by atoms with Crippen LogP contribution in [-0.4, -0.2) is 38.7 Å². The van der Waals surface area contributed by atoms with Crippen molar-refractivity contribution in [2.24, 2.45) is 5.92 Å². The summed E-state index contributed by atoms with van der Waals surface area (Å²) in [7, 11) is 3.78. The van der Waals surface area contributed by atoms with Gasteiger partial charge in [0.25, 0.3) is 0 Å². The average molecular weight is 248 g/mol. The second-order valence-corrected chi connectivity index (χ2v) is 5.25. The fraction of sp³-hybridized carbons (Fsp3) is 0.600. The van der Waals surface area contributed by atoms with Crippen molar-refractivity contribution in [2.45, 2.75) is 19.9 Å². The Kier molecular flexibility index (Phi) is 4.61. The smallest absolute Gasteiger partial charge is 0.122 e. The van der Waals surface area contributed by atoms with E-state index in [0.717, 1.165) is 24.8 Å². The molecule has 1 aliphatic rings. The maximum Gasteiger partial charge on any atom is 0.122 e. The van der Waals surface area contributed by atoms with Gasteiger partial charge in [-0.25, -0.2) is 0 Å². The molecule has 18 heavy (non-hydrogen) atoms. The summed E-state index contributed by atoms with van der Waals surface area (Å²) in [5.41, 5.74) is 2.55. The van der Waals surface area contributed by atoms with E-state index in [1.807, 2.05) is 7.05 Å². The third-order valence-electron chi connectivity index (χ3n) is 3.74. The molecule has 1 saturated heterocycles. The van der Waals surface area contributed by atoms with Crippen LogP contribution in [0.15, 0.2) is 18.2 Å². The molecule has 1 aliphatic heterocycles. The van der Waals surface area contributed by atoms with E-state index in [1.165, 1.54) is 30.6 Å². The molecule has 1 aromatic rings. The number of likely N-dealkylation sites (tertiary alicyclic amines) is 1. The summed E-state index contributed by atoms with van der Waals surface area (Å²) in [5.74, 6) is 1.81. The van der Waals surface area contributed by atoms with Gasteiger partial charge in [0, 0.05) is 13.1 Å². The number of ether oxygens (including phenoxy) is 1. The zero-order chi connectivity index (χ0) is 13.0. The Balaban J connectivity index is 1.94. The highest BCUT2D eigenvalue weighted by Gasteiger charge is 2.21. The average Bonchev–Trinajstić information content (AvgIpc) is 2.80. The number of aryl methyl sites for hydroxylation is 1. The first-order valence-electron chi connectivity index (χ1n) is 6.73. The Morgan fingerprint density at radius 3 is 3.00 bits per heavy atom. The van der Waals surface area contributed by atoms with Crippen LogP contribution in [0.25, 0.3) is 0 Å². The van der Waals surface area contributed by atoms with Crippen molar-refractivity contribution in [2.75, 3.05) is 33.8 Å². The number of nitrogens with one attached hydrogen (secondary N) is 1. The molecule has 0 bridgehead atoms. The first kappa shape index (κ1) is 13.4. The molecule has 100 valence electrons. The summed E-state index contributed by atoms with van der Waals surface area (Å²) in [5, 5.41) is 3.27. The summed E-state index contributed by atoms with van der Waals surface area (Å²) >= 11 is 0. The van der Waals surface area contributed by atoms with Gasteiger partial charge in [-0.1, -0.05) is 12.1 Å². The van der Waals surface area contributed by atoms with E-state index in [0.29, 0.717) is 0 Å². The maximum atomic E-state index is 5.38. The number of hydrogen-bond donors (Lipinski definition) is 1. The van der Waals surface area contributed by atoms with E-state index < -0.39 is 0 Å². The first-order chi connectivity index (χ1) is 8.72. The van der Waals surface area contributed by atoms with Gasteiger partial charge < -0.3 is 10.1 Å². The van der Waals surface area contributed by atoms with Crippen LogP contribution in [0, 0.1) is 12.8 Å². The third-order valence-corrected chi connectivity index (χ3v) is 3.74. The molecule has 0 radical (unpaired) electrons. The second kappa shape index (κ2) is 6.21. The van der Waals surface area contributed by atoms with Gasteiger partial charge in [0.1, 0.15) is 5.75 Å². The van der Waals surface area contributed by atoms with Gasteiger partial charge in [-0.3, -0.25) is 4.90 Å². The van der Waals surface area contributed by atoms with Crippen LogP contribution in [0.5, 0.6) is 5.75 Å². The Labute approximate surface area is 110 Å². The third kappa shape index (κ3) is 3.24. The van der Waals surface area contributed by atoms with Crippen molar-refractivity contribution < 1.29 is 4.74 Å². The van der Waals surface area contributed by atoms with Crippen molar-refractivity contribution in [1.82, 2.24) is 10.2 Å². The second-order valence-electron chi connectivity index (χ2n) is 5.25. The summed E-state index contributed by atoms with van der Waals surface area (Å²) in [4.78, 5) is 2.53. The van der Waals surface area contributed by atoms with Crippen LogP contribution in [0.2, 0.25) is 0 Å². The zero-order valence-corrected chi connectivity index (χ0v) is 11.7. The van der Waals surface area contributed by atoms with Crippen molar-refractivity contribution in [3.63, 3.8) is 0 Å². The van der Waals surface area contributed by atoms with Crippen LogP contribution in [-0.2, 0) is 6.54 Å². The van der Waals surface area contributed by atoms with E-state index in [1.54, 1.807) is 7.11 Å². The lowest BCUT2D eigenvalue weighted by Gasteiger charge is -2.17. The van der Waals surface area contributed by atoms with E-state index >= 15 is 0 Å². The standard InChI is InChI=1S/C15H24N2O/c1-12-4-5-13(8-15(12)18-3)10-17-7-6-14(11-17)9-16-2/h4-5,8,14,16H,6-7,9-11H2,1-3H3. The predicted octanol–water partition coefficient (Wildman–Crippen LogP) is 2.04. The van der Waals surface area contributed by atoms with E-state index in [4.69, 9.17) is 4.74 Å². The van der Waals surface area contributed by atoms with E-state index in [2.05, 4.69) is 35.3 Å². The number of nitrogens with zero attached hydrogens (tertiary/aromatic N) is 1. The fourth-order valence-corrected chi connectivity index (χ4v) is 2.73. The predicted molar refractivity (Wildman–Crippen MR) is 75.0 cm³/mol. The molecule has 1 fully saturated rings. The van der Waals surface area contributed by atoms with Crippen LogP contribution in [0.1, 0.15) is 17.5 Å². The minimum absolute atomic E-state index is 0.808. The van der Waals surface area contributed by atoms with Gasteiger partial charge in [-0.05, 0) is 56.6 Å². The number of benzene rings is 1. The largest absolute Gasteiger partial charge is 0.496 e. The summed E-state index contributed by atoms with van der Waals surface area (Å²) in [6.07, 6.45) is 1.31. The molecule has 0 aliphatic carbocycles. The number of rotatable bonds is 5. The number of methoxy groups -OCH3 is 1. The minimum Gasteiger partial charge on any atom is -0.496 e. The highest BCUT2D eigenvalue weighted by atomic mass is 16.5. The molecule has 0 amide bonds. The van der Waals surface area contributed by atoms with Gasteiger partial charge in [0.15, 0.2) is 0 Å². The van der Waals surface area contributed by atoms with Gasteiger partial charge in [0.05, 0.1) is 7.11 Å². The Hall–Kier alpha value is -1.06. The van der Waals surface area contributed by atoms with Gasteiger partial charge >= 0.3 is 0 Å². The van der Waals surface area contributed by atoms with Crippen LogP contribution < -0.4 is 10.1 Å². The normalized spacial score (nSPS) is 20.3. The fourth-order valence-electron chi connectivity index (χ4n) is 2.73. The lowest BCUT2D eigenvalue weighted by molar-refractivity contribution is 0.314.